The molecule has 0 bridgehead atoms. The van der Waals surface area contributed by atoms with Gasteiger partial charge in [0.05, 0.1) is 24.2 Å². The molecule has 0 aromatic heterocycles. The van der Waals surface area contributed by atoms with Crippen LogP contribution in [0.4, 0.5) is 11.4 Å². The molecule has 0 amide bonds. The van der Waals surface area contributed by atoms with E-state index in [2.05, 4.69) is 5.32 Å². The van der Waals surface area contributed by atoms with Gasteiger partial charge in [0.1, 0.15) is 17.6 Å². The molecule has 2 atom stereocenters. The fraction of sp³-hybridized carbons (Fsp3) is 0.333. The minimum atomic E-state index is -0.983. The topological polar surface area (TPSA) is 125 Å². The Morgan fingerprint density at radius 3 is 2.90 bits per heavy atom. The van der Waals surface area contributed by atoms with Crippen LogP contribution in [0, 0.1) is 27.4 Å². The first kappa shape index (κ1) is 13.8. The number of carboxylic acid groups (broad SMARTS) is 1. The number of ether oxygens (including phenoxy) is 1. The minimum absolute atomic E-state index is 0.0435. The zero-order chi connectivity index (χ0) is 14.7. The smallest absolute Gasteiger partial charge is 0.311 e. The third kappa shape index (κ3) is 2.67. The molecule has 2 rings (SSSR count). The lowest BCUT2D eigenvalue weighted by molar-refractivity contribution is -0.385. The summed E-state index contributed by atoms with van der Waals surface area (Å²) in [6.07, 6.45) is 0. The Balaban J connectivity index is 2.22. The number of hydrogen-bond donors (Lipinski definition) is 2. The van der Waals surface area contributed by atoms with Crippen LogP contribution in [0.1, 0.15) is 5.56 Å². The number of hydrogen-bond acceptors (Lipinski definition) is 6. The predicted molar refractivity (Wildman–Crippen MR) is 67.2 cm³/mol. The molecule has 2 N–H and O–H groups in total. The Hall–Kier alpha value is -2.66. The van der Waals surface area contributed by atoms with Crippen LogP contribution < -0.4 is 5.32 Å². The van der Waals surface area contributed by atoms with E-state index in [1.165, 1.54) is 18.2 Å². The van der Waals surface area contributed by atoms with E-state index >= 15 is 0 Å². The number of nitrogens with one attached hydrogen (secondary N) is 1. The number of rotatable bonds is 4. The van der Waals surface area contributed by atoms with Gasteiger partial charge in [-0.2, -0.15) is 5.26 Å². The number of nitro benzene ring substituents is 1. The Bertz CT molecular complexity index is 595. The molecule has 0 aliphatic carbocycles. The third-order valence-corrected chi connectivity index (χ3v) is 3.06. The first-order valence-corrected chi connectivity index (χ1v) is 5.78. The number of nitro groups is 1. The SMILES string of the molecule is N#Cc1ccc(NC2COCC2C(=O)O)cc1[N+](=O)[O-]. The number of anilines is 1. The number of aliphatic carboxylic acids is 1. The maximum absolute atomic E-state index is 11.0. The van der Waals surface area contributed by atoms with Gasteiger partial charge in [-0.05, 0) is 12.1 Å². The fourth-order valence-electron chi connectivity index (χ4n) is 2.02. The molecule has 2 unspecified atom stereocenters. The molecule has 104 valence electrons. The summed E-state index contributed by atoms with van der Waals surface area (Å²) in [5.41, 5.74) is 0.0266. The Morgan fingerprint density at radius 2 is 2.30 bits per heavy atom. The molecule has 1 aliphatic rings. The Kier molecular flexibility index (Phi) is 3.81. The summed E-state index contributed by atoms with van der Waals surface area (Å²) in [4.78, 5) is 21.2. The maximum Gasteiger partial charge on any atom is 0.311 e. The van der Waals surface area contributed by atoms with Gasteiger partial charge >= 0.3 is 5.97 Å². The van der Waals surface area contributed by atoms with Crippen LogP contribution >= 0.6 is 0 Å². The van der Waals surface area contributed by atoms with Crippen molar-refractivity contribution in [1.29, 1.82) is 5.26 Å². The predicted octanol–water partition coefficient (Wildman–Crippen LogP) is 0.978. The zero-order valence-electron chi connectivity index (χ0n) is 10.3. The number of nitriles is 1. The maximum atomic E-state index is 11.0. The highest BCUT2D eigenvalue weighted by Gasteiger charge is 2.34. The summed E-state index contributed by atoms with van der Waals surface area (Å²) in [5.74, 6) is -1.69. The summed E-state index contributed by atoms with van der Waals surface area (Å²) in [5, 5.41) is 31.5. The number of carboxylic acids is 1. The highest BCUT2D eigenvalue weighted by atomic mass is 16.6. The number of benzene rings is 1. The van der Waals surface area contributed by atoms with Crippen molar-refractivity contribution in [3.63, 3.8) is 0 Å². The lowest BCUT2D eigenvalue weighted by Crippen LogP contribution is -2.33. The second-order valence-electron chi connectivity index (χ2n) is 4.33. The monoisotopic (exact) mass is 277 g/mol. The molecule has 0 spiro atoms. The molecule has 1 fully saturated rings. The summed E-state index contributed by atoms with van der Waals surface area (Å²) in [7, 11) is 0. The van der Waals surface area contributed by atoms with Crippen LogP contribution in [0.25, 0.3) is 0 Å². The molecule has 20 heavy (non-hydrogen) atoms. The fourth-order valence-corrected chi connectivity index (χ4v) is 2.02. The molecule has 1 aromatic rings. The summed E-state index contributed by atoms with van der Waals surface area (Å²) in [6.45, 7) is 0.316. The van der Waals surface area contributed by atoms with E-state index in [0.717, 1.165) is 0 Å². The molecule has 1 aliphatic heterocycles. The first-order valence-electron chi connectivity index (χ1n) is 5.78. The van der Waals surface area contributed by atoms with E-state index < -0.39 is 22.9 Å². The van der Waals surface area contributed by atoms with Gasteiger partial charge < -0.3 is 15.2 Å². The van der Waals surface area contributed by atoms with E-state index in [9.17, 15) is 14.9 Å². The molecular formula is C12H11N3O5. The summed E-state index contributed by atoms with van der Waals surface area (Å²) in [6, 6.07) is 5.32. The minimum Gasteiger partial charge on any atom is -0.481 e. The molecule has 8 heteroatoms. The van der Waals surface area contributed by atoms with Gasteiger partial charge in [0, 0.05) is 11.8 Å². The van der Waals surface area contributed by atoms with E-state index in [1.807, 2.05) is 0 Å². The lowest BCUT2D eigenvalue weighted by Gasteiger charge is -2.16. The van der Waals surface area contributed by atoms with E-state index in [4.69, 9.17) is 15.1 Å². The lowest BCUT2D eigenvalue weighted by atomic mass is 10.0. The van der Waals surface area contributed by atoms with Crippen LogP contribution in [-0.2, 0) is 9.53 Å². The molecule has 8 nitrogen and oxygen atoms in total. The quantitative estimate of drug-likeness (QED) is 0.620. The average molecular weight is 277 g/mol. The third-order valence-electron chi connectivity index (χ3n) is 3.06. The van der Waals surface area contributed by atoms with Crippen LogP contribution in [0.2, 0.25) is 0 Å². The Morgan fingerprint density at radius 1 is 1.55 bits per heavy atom. The number of nitrogens with zero attached hydrogens (tertiary/aromatic N) is 2. The summed E-state index contributed by atoms with van der Waals surface area (Å²) < 4.78 is 5.10. The van der Waals surface area contributed by atoms with Gasteiger partial charge in [0.25, 0.3) is 5.69 Å². The molecule has 1 aromatic carbocycles. The van der Waals surface area contributed by atoms with Crippen LogP contribution in [0.5, 0.6) is 0 Å². The van der Waals surface area contributed by atoms with Gasteiger partial charge in [-0.1, -0.05) is 0 Å². The van der Waals surface area contributed by atoms with Crippen molar-refractivity contribution in [3.8, 4) is 6.07 Å². The van der Waals surface area contributed by atoms with Crippen molar-refractivity contribution in [1.82, 2.24) is 0 Å². The van der Waals surface area contributed by atoms with E-state index in [-0.39, 0.29) is 24.5 Å². The van der Waals surface area contributed by atoms with Crippen LogP contribution in [0.3, 0.4) is 0 Å². The zero-order valence-corrected chi connectivity index (χ0v) is 10.3. The molecular weight excluding hydrogens is 266 g/mol. The molecule has 0 saturated carbocycles. The summed E-state index contributed by atoms with van der Waals surface area (Å²) >= 11 is 0. The van der Waals surface area contributed by atoms with Crippen molar-refractivity contribution in [2.45, 2.75) is 6.04 Å². The van der Waals surface area contributed by atoms with Gasteiger partial charge in [-0.25, -0.2) is 0 Å². The van der Waals surface area contributed by atoms with Gasteiger partial charge in [-0.3, -0.25) is 14.9 Å². The second kappa shape index (κ2) is 5.54. The van der Waals surface area contributed by atoms with Crippen LogP contribution in [0.15, 0.2) is 18.2 Å². The normalized spacial score (nSPS) is 21.1. The highest BCUT2D eigenvalue weighted by Crippen LogP contribution is 2.25. The molecule has 1 heterocycles. The van der Waals surface area contributed by atoms with Crippen molar-refractivity contribution in [2.75, 3.05) is 18.5 Å². The van der Waals surface area contributed by atoms with Crippen LogP contribution in [-0.4, -0.2) is 35.3 Å². The highest BCUT2D eigenvalue weighted by molar-refractivity contribution is 5.72. The van der Waals surface area contributed by atoms with Gasteiger partial charge in [0.2, 0.25) is 0 Å². The van der Waals surface area contributed by atoms with Crippen molar-refractivity contribution in [3.05, 3.63) is 33.9 Å². The Labute approximate surface area is 113 Å². The largest absolute Gasteiger partial charge is 0.481 e. The van der Waals surface area contributed by atoms with E-state index in [1.54, 1.807) is 6.07 Å². The first-order chi connectivity index (χ1) is 9.52. The van der Waals surface area contributed by atoms with Crippen molar-refractivity contribution >= 4 is 17.3 Å². The van der Waals surface area contributed by atoms with E-state index in [0.29, 0.717) is 5.69 Å². The average Bonchev–Trinajstić information content (AvgIpc) is 2.87. The van der Waals surface area contributed by atoms with Gasteiger partial charge in [-0.15, -0.1) is 0 Å². The standard InChI is InChI=1S/C12H11N3O5/c13-4-7-1-2-8(3-11(7)15(18)19)14-10-6-20-5-9(10)12(16)17/h1-3,9-10,14H,5-6H2,(H,16,17). The van der Waals surface area contributed by atoms with Crippen molar-refractivity contribution < 1.29 is 19.6 Å². The number of carbonyl (C=O) groups is 1. The van der Waals surface area contributed by atoms with Gasteiger partial charge in [0.15, 0.2) is 0 Å². The second-order valence-corrected chi connectivity index (χ2v) is 4.33. The van der Waals surface area contributed by atoms with Crippen molar-refractivity contribution in [2.24, 2.45) is 5.92 Å². The molecule has 0 radical (unpaired) electrons. The molecule has 1 saturated heterocycles.